The summed E-state index contributed by atoms with van der Waals surface area (Å²) in [5, 5.41) is 0. The fraction of sp³-hybridized carbons (Fsp3) is 0.450. The lowest BCUT2D eigenvalue weighted by atomic mass is 9.71. The number of esters is 1. The molecule has 0 saturated heterocycles. The van der Waals surface area contributed by atoms with Crippen LogP contribution in [-0.2, 0) is 16.0 Å². The highest BCUT2D eigenvalue weighted by Crippen LogP contribution is 2.39. The molecule has 1 aromatic rings. The molecule has 2 unspecified atom stereocenters. The van der Waals surface area contributed by atoms with Gasteiger partial charge < -0.3 is 9.15 Å². The van der Waals surface area contributed by atoms with Gasteiger partial charge in [0.05, 0.1) is 18.1 Å². The van der Waals surface area contributed by atoms with E-state index < -0.39 is 0 Å². The number of cyclic esters (lactones) is 1. The summed E-state index contributed by atoms with van der Waals surface area (Å²) in [7, 11) is 0. The van der Waals surface area contributed by atoms with Crippen molar-refractivity contribution in [2.24, 2.45) is 11.3 Å². The van der Waals surface area contributed by atoms with Crippen molar-refractivity contribution in [2.75, 3.05) is 6.61 Å². The molecule has 0 fully saturated rings. The van der Waals surface area contributed by atoms with Gasteiger partial charge in [-0.15, -0.1) is 0 Å². The molecule has 0 spiro atoms. The number of ether oxygens (including phenoxy) is 1. The van der Waals surface area contributed by atoms with Crippen LogP contribution in [0.25, 0.3) is 0 Å². The Morgan fingerprint density at radius 2 is 2.22 bits per heavy atom. The number of aryl methyl sites for hydroxylation is 1. The number of furan rings is 1. The Labute approximate surface area is 137 Å². The number of rotatable bonds is 3. The monoisotopic (exact) mass is 312 g/mol. The lowest BCUT2D eigenvalue weighted by molar-refractivity contribution is -0.135. The van der Waals surface area contributed by atoms with E-state index in [1.54, 1.807) is 6.26 Å². The molecule has 0 bridgehead atoms. The van der Waals surface area contributed by atoms with Gasteiger partial charge in [-0.2, -0.15) is 0 Å². The van der Waals surface area contributed by atoms with E-state index >= 15 is 0 Å². The Morgan fingerprint density at radius 3 is 3.00 bits per heavy atom. The maximum atomic E-state index is 11.8. The first-order chi connectivity index (χ1) is 11.1. The van der Waals surface area contributed by atoms with Crippen LogP contribution in [0, 0.1) is 11.3 Å². The van der Waals surface area contributed by atoms with E-state index in [-0.39, 0.29) is 11.4 Å². The van der Waals surface area contributed by atoms with Gasteiger partial charge in [-0.05, 0) is 60.3 Å². The van der Waals surface area contributed by atoms with Crippen LogP contribution in [0.15, 0.2) is 58.5 Å². The van der Waals surface area contributed by atoms with Gasteiger partial charge in [-0.1, -0.05) is 32.1 Å². The first kappa shape index (κ1) is 15.9. The first-order valence-corrected chi connectivity index (χ1v) is 8.34. The lowest BCUT2D eigenvalue weighted by Gasteiger charge is -2.33. The predicted molar refractivity (Wildman–Crippen MR) is 89.8 cm³/mol. The molecule has 23 heavy (non-hydrogen) atoms. The molecule has 1 aliphatic heterocycles. The molecule has 0 saturated carbocycles. The van der Waals surface area contributed by atoms with Crippen molar-refractivity contribution in [1.29, 1.82) is 0 Å². The smallest absolute Gasteiger partial charge is 0.338 e. The zero-order valence-electron chi connectivity index (χ0n) is 13.9. The summed E-state index contributed by atoms with van der Waals surface area (Å²) in [5.74, 6) is 0.349. The van der Waals surface area contributed by atoms with E-state index in [4.69, 9.17) is 9.15 Å². The van der Waals surface area contributed by atoms with Gasteiger partial charge in [-0.3, -0.25) is 0 Å². The lowest BCUT2D eigenvalue weighted by Crippen LogP contribution is -2.24. The SMILES string of the molecule is CC1CCC2=C(C=CC=CC1(C)CCc1ccoc1)C(=O)OC2. The predicted octanol–water partition coefficient (Wildman–Crippen LogP) is 4.61. The van der Waals surface area contributed by atoms with Crippen LogP contribution in [0.5, 0.6) is 0 Å². The number of carbonyl (C=O) groups excluding carboxylic acids is 1. The van der Waals surface area contributed by atoms with Crippen molar-refractivity contribution in [3.05, 3.63) is 59.6 Å². The van der Waals surface area contributed by atoms with Gasteiger partial charge in [0.15, 0.2) is 0 Å². The maximum Gasteiger partial charge on any atom is 0.338 e. The van der Waals surface area contributed by atoms with Crippen molar-refractivity contribution < 1.29 is 13.9 Å². The van der Waals surface area contributed by atoms with E-state index in [0.29, 0.717) is 12.5 Å². The largest absolute Gasteiger partial charge is 0.472 e. The Kier molecular flexibility index (Phi) is 4.56. The third-order valence-electron chi connectivity index (χ3n) is 5.37. The van der Waals surface area contributed by atoms with Crippen LogP contribution in [0.1, 0.15) is 38.7 Å². The summed E-state index contributed by atoms with van der Waals surface area (Å²) in [6.07, 6.45) is 15.9. The van der Waals surface area contributed by atoms with Gasteiger partial charge in [0.1, 0.15) is 6.61 Å². The molecule has 122 valence electrons. The van der Waals surface area contributed by atoms with Crippen molar-refractivity contribution in [2.45, 2.75) is 39.5 Å². The maximum absolute atomic E-state index is 11.8. The van der Waals surface area contributed by atoms with E-state index in [2.05, 4.69) is 26.0 Å². The van der Waals surface area contributed by atoms with Crippen molar-refractivity contribution in [1.82, 2.24) is 0 Å². The molecular formula is C20H24O3. The minimum Gasteiger partial charge on any atom is -0.472 e. The molecular weight excluding hydrogens is 288 g/mol. The first-order valence-electron chi connectivity index (χ1n) is 8.34. The molecule has 0 radical (unpaired) electrons. The second kappa shape index (κ2) is 6.61. The molecule has 0 N–H and O–H groups in total. The summed E-state index contributed by atoms with van der Waals surface area (Å²) in [4.78, 5) is 11.8. The summed E-state index contributed by atoms with van der Waals surface area (Å²) in [6, 6.07) is 2.04. The van der Waals surface area contributed by atoms with Crippen molar-refractivity contribution in [3.8, 4) is 0 Å². The summed E-state index contributed by atoms with van der Waals surface area (Å²) in [6.45, 7) is 5.10. The number of hydrogen-bond donors (Lipinski definition) is 0. The van der Waals surface area contributed by atoms with Crippen molar-refractivity contribution >= 4 is 5.97 Å². The van der Waals surface area contributed by atoms with Crippen molar-refractivity contribution in [3.63, 3.8) is 0 Å². The third kappa shape index (κ3) is 3.49. The van der Waals surface area contributed by atoms with Crippen LogP contribution in [0.3, 0.4) is 0 Å². The molecule has 3 rings (SSSR count). The van der Waals surface area contributed by atoms with E-state index in [9.17, 15) is 4.79 Å². The molecule has 1 aromatic heterocycles. The summed E-state index contributed by atoms with van der Waals surface area (Å²) < 4.78 is 10.3. The van der Waals surface area contributed by atoms with Crippen LogP contribution in [0.2, 0.25) is 0 Å². The Balaban J connectivity index is 1.76. The molecule has 3 heteroatoms. The Hall–Kier alpha value is -2.03. The average Bonchev–Trinajstić information content (AvgIpc) is 3.17. The summed E-state index contributed by atoms with van der Waals surface area (Å²) in [5.41, 5.74) is 3.28. The standard InChI is InChI=1S/C20H24O3/c1-15-6-7-17-14-23-19(21)18(17)5-3-4-10-20(15,2)11-8-16-9-12-22-13-16/h3-5,9-10,12-13,15H,6-8,11,14H2,1-2H3. The van der Waals surface area contributed by atoms with Gasteiger partial charge >= 0.3 is 5.97 Å². The van der Waals surface area contributed by atoms with Crippen LogP contribution < -0.4 is 0 Å². The fourth-order valence-corrected chi connectivity index (χ4v) is 3.34. The topological polar surface area (TPSA) is 39.4 Å². The normalized spacial score (nSPS) is 27.9. The van der Waals surface area contributed by atoms with Gasteiger partial charge in [0.25, 0.3) is 0 Å². The minimum atomic E-state index is -0.180. The van der Waals surface area contributed by atoms with Gasteiger partial charge in [-0.25, -0.2) is 4.79 Å². The molecule has 2 atom stereocenters. The van der Waals surface area contributed by atoms with Crippen LogP contribution in [0.4, 0.5) is 0 Å². The Morgan fingerprint density at radius 1 is 1.35 bits per heavy atom. The number of allylic oxidation sites excluding steroid dienone is 3. The molecule has 1 aliphatic carbocycles. The van der Waals surface area contributed by atoms with Gasteiger partial charge in [0, 0.05) is 0 Å². The quantitative estimate of drug-likeness (QED) is 0.765. The fourth-order valence-electron chi connectivity index (χ4n) is 3.34. The Bertz CT molecular complexity index is 648. The molecule has 3 nitrogen and oxygen atoms in total. The van der Waals surface area contributed by atoms with E-state index in [1.165, 1.54) is 5.56 Å². The van der Waals surface area contributed by atoms with E-state index in [1.807, 2.05) is 24.5 Å². The second-order valence-corrected chi connectivity index (χ2v) is 6.89. The molecule has 2 aliphatic rings. The third-order valence-corrected chi connectivity index (χ3v) is 5.37. The molecule has 2 heterocycles. The highest BCUT2D eigenvalue weighted by Gasteiger charge is 2.30. The number of hydrogen-bond acceptors (Lipinski definition) is 3. The second-order valence-electron chi connectivity index (χ2n) is 6.89. The highest BCUT2D eigenvalue weighted by atomic mass is 16.5. The average molecular weight is 312 g/mol. The zero-order valence-corrected chi connectivity index (χ0v) is 13.9. The minimum absolute atomic E-state index is 0.128. The zero-order chi connectivity index (χ0) is 16.3. The van der Waals surface area contributed by atoms with Crippen LogP contribution >= 0.6 is 0 Å². The van der Waals surface area contributed by atoms with Gasteiger partial charge in [0.2, 0.25) is 0 Å². The van der Waals surface area contributed by atoms with Crippen LogP contribution in [-0.4, -0.2) is 12.6 Å². The highest BCUT2D eigenvalue weighted by molar-refractivity contribution is 5.94. The molecule has 0 aromatic carbocycles. The number of carbonyl (C=O) groups is 1. The van der Waals surface area contributed by atoms with E-state index in [0.717, 1.165) is 36.8 Å². The molecule has 0 amide bonds. The summed E-state index contributed by atoms with van der Waals surface area (Å²) >= 11 is 0.